The Kier molecular flexibility index (Phi) is 5.09. The number of carbonyl (C=O) groups excluding carboxylic acids is 2. The van der Waals surface area contributed by atoms with Gasteiger partial charge in [0, 0.05) is 16.3 Å². The largest absolute Gasteiger partial charge is 0.330 e. The van der Waals surface area contributed by atoms with Crippen molar-refractivity contribution in [2.24, 2.45) is 5.92 Å². The van der Waals surface area contributed by atoms with Gasteiger partial charge in [-0.1, -0.05) is 13.0 Å². The topological polar surface area (TPSA) is 62.3 Å². The van der Waals surface area contributed by atoms with Crippen molar-refractivity contribution in [3.8, 4) is 0 Å². The zero-order chi connectivity index (χ0) is 18.1. The van der Waals surface area contributed by atoms with Crippen molar-refractivity contribution < 1.29 is 9.59 Å². The number of nitrogens with zero attached hydrogens (tertiary/aromatic N) is 2. The van der Waals surface area contributed by atoms with Crippen LogP contribution in [0.15, 0.2) is 17.5 Å². The van der Waals surface area contributed by atoms with Gasteiger partial charge in [0.15, 0.2) is 5.13 Å². The predicted molar refractivity (Wildman–Crippen MR) is 105 cm³/mol. The van der Waals surface area contributed by atoms with Crippen LogP contribution >= 0.6 is 22.7 Å². The van der Waals surface area contributed by atoms with Gasteiger partial charge in [-0.3, -0.25) is 9.59 Å². The fourth-order valence-corrected chi connectivity index (χ4v) is 5.65. The summed E-state index contributed by atoms with van der Waals surface area (Å²) in [4.78, 5) is 34.1. The van der Waals surface area contributed by atoms with E-state index in [0.29, 0.717) is 24.0 Å². The third kappa shape index (κ3) is 3.69. The number of aromatic nitrogens is 1. The van der Waals surface area contributed by atoms with Crippen LogP contribution in [0.5, 0.6) is 0 Å². The van der Waals surface area contributed by atoms with Crippen molar-refractivity contribution >= 4 is 39.6 Å². The highest BCUT2D eigenvalue weighted by Crippen LogP contribution is 2.32. The lowest BCUT2D eigenvalue weighted by Crippen LogP contribution is -2.43. The molecule has 1 aliphatic carbocycles. The Bertz CT molecular complexity index is 800. The zero-order valence-corrected chi connectivity index (χ0v) is 16.5. The van der Waals surface area contributed by atoms with E-state index in [1.54, 1.807) is 27.6 Å². The average molecular weight is 390 g/mol. The monoisotopic (exact) mass is 389 g/mol. The molecule has 2 amide bonds. The van der Waals surface area contributed by atoms with E-state index in [4.69, 9.17) is 0 Å². The van der Waals surface area contributed by atoms with Crippen LogP contribution in [0, 0.1) is 5.92 Å². The highest BCUT2D eigenvalue weighted by atomic mass is 32.1. The summed E-state index contributed by atoms with van der Waals surface area (Å²) >= 11 is 3.18. The molecule has 4 rings (SSSR count). The second-order valence-corrected chi connectivity index (χ2v) is 9.34. The van der Waals surface area contributed by atoms with E-state index in [1.807, 2.05) is 17.5 Å². The molecule has 3 heterocycles. The Balaban J connectivity index is 1.41. The highest BCUT2D eigenvalue weighted by molar-refractivity contribution is 7.15. The van der Waals surface area contributed by atoms with Crippen molar-refractivity contribution in [3.05, 3.63) is 33.0 Å². The molecule has 1 fully saturated rings. The molecule has 0 radical (unpaired) electrons. The summed E-state index contributed by atoms with van der Waals surface area (Å²) in [6.45, 7) is 2.92. The minimum Gasteiger partial charge on any atom is -0.330 e. The van der Waals surface area contributed by atoms with Gasteiger partial charge in [-0.05, 0) is 49.5 Å². The van der Waals surface area contributed by atoms with Gasteiger partial charge in [0.25, 0.3) is 0 Å². The SMILES string of the molecule is C[C@@H]1CCc2nc(NC(=O)[C@H]3CCCN3C(=O)Cc3cccs3)sc2C1. The number of hydrogen-bond donors (Lipinski definition) is 1. The Morgan fingerprint density at radius 1 is 1.38 bits per heavy atom. The molecule has 2 aromatic heterocycles. The van der Waals surface area contributed by atoms with Crippen LogP contribution in [0.3, 0.4) is 0 Å². The quantitative estimate of drug-likeness (QED) is 0.870. The number of thiophene rings is 1. The van der Waals surface area contributed by atoms with Gasteiger partial charge in [0.1, 0.15) is 6.04 Å². The summed E-state index contributed by atoms with van der Waals surface area (Å²) in [6, 6.07) is 3.55. The summed E-state index contributed by atoms with van der Waals surface area (Å²) in [5.41, 5.74) is 1.14. The molecule has 0 bridgehead atoms. The van der Waals surface area contributed by atoms with E-state index in [0.717, 1.165) is 42.7 Å². The van der Waals surface area contributed by atoms with Crippen LogP contribution < -0.4 is 5.32 Å². The lowest BCUT2D eigenvalue weighted by atomic mass is 9.93. The van der Waals surface area contributed by atoms with Gasteiger partial charge in [-0.2, -0.15) is 0 Å². The number of anilines is 1. The van der Waals surface area contributed by atoms with E-state index in [1.165, 1.54) is 4.88 Å². The minimum atomic E-state index is -0.373. The number of nitrogens with one attached hydrogen (secondary N) is 1. The number of fused-ring (bicyclic) bond motifs is 1. The predicted octanol–water partition coefficient (Wildman–Crippen LogP) is 3.50. The van der Waals surface area contributed by atoms with Crippen LogP contribution in [0.1, 0.15) is 41.6 Å². The summed E-state index contributed by atoms with van der Waals surface area (Å²) in [5.74, 6) is 0.630. The summed E-state index contributed by atoms with van der Waals surface area (Å²) in [5, 5.41) is 5.64. The number of carbonyl (C=O) groups is 2. The number of amides is 2. The third-order valence-electron chi connectivity index (χ3n) is 5.20. The van der Waals surface area contributed by atoms with Crippen molar-refractivity contribution in [3.63, 3.8) is 0 Å². The molecular weight excluding hydrogens is 366 g/mol. The Hall–Kier alpha value is -1.73. The fourth-order valence-electron chi connectivity index (χ4n) is 3.78. The molecule has 2 aliphatic rings. The summed E-state index contributed by atoms with van der Waals surface area (Å²) < 4.78 is 0. The van der Waals surface area contributed by atoms with Gasteiger partial charge in [-0.15, -0.1) is 22.7 Å². The molecule has 2 aromatic rings. The molecule has 138 valence electrons. The van der Waals surface area contributed by atoms with E-state index >= 15 is 0 Å². The van der Waals surface area contributed by atoms with Crippen LogP contribution in [-0.4, -0.2) is 34.3 Å². The molecule has 26 heavy (non-hydrogen) atoms. The standard InChI is InChI=1S/C19H23N3O2S2/c1-12-6-7-14-16(10-12)26-19(20-14)21-18(24)15-5-2-8-22(15)17(23)11-13-4-3-9-25-13/h3-4,9,12,15H,2,5-8,10-11H2,1H3,(H,20,21,24)/t12-,15-/m1/s1. The van der Waals surface area contributed by atoms with E-state index in [9.17, 15) is 9.59 Å². The van der Waals surface area contributed by atoms with Gasteiger partial charge < -0.3 is 10.2 Å². The van der Waals surface area contributed by atoms with Crippen LogP contribution in [0.2, 0.25) is 0 Å². The van der Waals surface area contributed by atoms with E-state index in [-0.39, 0.29) is 17.9 Å². The number of thiazole rings is 1. The molecule has 5 nitrogen and oxygen atoms in total. The first-order valence-corrected chi connectivity index (χ1v) is 10.9. The van der Waals surface area contributed by atoms with Crippen molar-refractivity contribution in [2.75, 3.05) is 11.9 Å². The van der Waals surface area contributed by atoms with E-state index < -0.39 is 0 Å². The average Bonchev–Trinajstić information content (AvgIpc) is 3.34. The first-order valence-electron chi connectivity index (χ1n) is 9.21. The molecule has 1 saturated heterocycles. The molecule has 0 unspecified atom stereocenters. The van der Waals surface area contributed by atoms with Crippen molar-refractivity contribution in [2.45, 2.75) is 51.5 Å². The van der Waals surface area contributed by atoms with Crippen LogP contribution in [0.25, 0.3) is 0 Å². The zero-order valence-electron chi connectivity index (χ0n) is 14.9. The fraction of sp³-hybridized carbons (Fsp3) is 0.526. The summed E-state index contributed by atoms with van der Waals surface area (Å²) in [6.07, 6.45) is 5.20. The Morgan fingerprint density at radius 3 is 3.08 bits per heavy atom. The maximum atomic E-state index is 12.8. The number of aryl methyl sites for hydroxylation is 1. The molecular formula is C19H23N3O2S2. The maximum absolute atomic E-state index is 12.8. The lowest BCUT2D eigenvalue weighted by molar-refractivity contribution is -0.136. The van der Waals surface area contributed by atoms with Gasteiger partial charge in [0.2, 0.25) is 11.8 Å². The molecule has 0 aromatic carbocycles. The van der Waals surface area contributed by atoms with Crippen molar-refractivity contribution in [1.82, 2.24) is 9.88 Å². The number of hydrogen-bond acceptors (Lipinski definition) is 5. The first kappa shape index (κ1) is 17.7. The normalized spacial score (nSPS) is 22.3. The first-order chi connectivity index (χ1) is 12.6. The third-order valence-corrected chi connectivity index (χ3v) is 7.11. The molecule has 1 aliphatic heterocycles. The number of likely N-dealkylation sites (tertiary alicyclic amines) is 1. The van der Waals surface area contributed by atoms with Crippen LogP contribution in [-0.2, 0) is 28.9 Å². The second kappa shape index (κ2) is 7.48. The van der Waals surface area contributed by atoms with E-state index in [2.05, 4.69) is 17.2 Å². The number of rotatable bonds is 4. The Morgan fingerprint density at radius 2 is 2.27 bits per heavy atom. The highest BCUT2D eigenvalue weighted by Gasteiger charge is 2.34. The van der Waals surface area contributed by atoms with Crippen molar-refractivity contribution in [1.29, 1.82) is 0 Å². The Labute approximate surface area is 161 Å². The lowest BCUT2D eigenvalue weighted by Gasteiger charge is -2.23. The molecule has 0 saturated carbocycles. The second-order valence-electron chi connectivity index (χ2n) is 7.23. The molecule has 1 N–H and O–H groups in total. The van der Waals surface area contributed by atoms with Crippen LogP contribution in [0.4, 0.5) is 5.13 Å². The van der Waals surface area contributed by atoms with Gasteiger partial charge in [0.05, 0.1) is 12.1 Å². The van der Waals surface area contributed by atoms with Gasteiger partial charge in [-0.25, -0.2) is 4.98 Å². The minimum absolute atomic E-state index is 0.0392. The van der Waals surface area contributed by atoms with Gasteiger partial charge >= 0.3 is 0 Å². The maximum Gasteiger partial charge on any atom is 0.248 e. The molecule has 7 heteroatoms. The molecule has 0 spiro atoms. The smallest absolute Gasteiger partial charge is 0.248 e. The molecule has 2 atom stereocenters. The summed E-state index contributed by atoms with van der Waals surface area (Å²) in [7, 11) is 0.